The fraction of sp³-hybridized carbons (Fsp3) is 0.500. The Bertz CT molecular complexity index is 710. The number of nitrogens with one attached hydrogen (secondary N) is 1. The van der Waals surface area contributed by atoms with Crippen LogP contribution in [-0.4, -0.2) is 47.9 Å². The van der Waals surface area contributed by atoms with Gasteiger partial charge in [0, 0.05) is 36.6 Å². The van der Waals surface area contributed by atoms with Crippen LogP contribution in [0.4, 0.5) is 0 Å². The standard InChI is InChI=1S/C22H29N3OS/c26-22(17-25-12-4-8-20(25)21-9-5-15-27-21)23-19-10-13-24(14-11-19)16-18-6-2-1-3-7-18/h1-3,5-7,9,15,19-20H,4,8,10-14,16-17H2,(H,23,26)/t20-/m0/s1. The number of thiophene rings is 1. The molecule has 4 rings (SSSR count). The molecule has 0 radical (unpaired) electrons. The molecule has 2 fully saturated rings. The molecule has 1 atom stereocenters. The van der Waals surface area contributed by atoms with Gasteiger partial charge in [0.05, 0.1) is 6.54 Å². The summed E-state index contributed by atoms with van der Waals surface area (Å²) >= 11 is 1.81. The largest absolute Gasteiger partial charge is 0.352 e. The highest BCUT2D eigenvalue weighted by Gasteiger charge is 2.29. The number of carbonyl (C=O) groups is 1. The minimum absolute atomic E-state index is 0.194. The van der Waals surface area contributed by atoms with Crippen LogP contribution < -0.4 is 5.32 Å². The minimum Gasteiger partial charge on any atom is -0.352 e. The zero-order valence-corrected chi connectivity index (χ0v) is 16.7. The second kappa shape index (κ2) is 9.00. The van der Waals surface area contributed by atoms with Crippen molar-refractivity contribution in [2.45, 2.75) is 44.3 Å². The molecule has 2 aliphatic rings. The lowest BCUT2D eigenvalue weighted by Crippen LogP contribution is -2.47. The Hall–Kier alpha value is -1.69. The van der Waals surface area contributed by atoms with Gasteiger partial charge in [0.25, 0.3) is 0 Å². The van der Waals surface area contributed by atoms with Crippen LogP contribution in [0.1, 0.15) is 42.2 Å². The van der Waals surface area contributed by atoms with Crippen LogP contribution in [-0.2, 0) is 11.3 Å². The Morgan fingerprint density at radius 3 is 2.59 bits per heavy atom. The number of hydrogen-bond donors (Lipinski definition) is 1. The first-order valence-corrected chi connectivity index (χ1v) is 11.0. The van der Waals surface area contributed by atoms with Gasteiger partial charge in [-0.2, -0.15) is 0 Å². The highest BCUT2D eigenvalue weighted by Crippen LogP contribution is 2.34. The molecule has 1 N–H and O–H groups in total. The first-order valence-electron chi connectivity index (χ1n) is 10.1. The molecule has 0 spiro atoms. The van der Waals surface area contributed by atoms with E-state index >= 15 is 0 Å². The maximum Gasteiger partial charge on any atom is 0.234 e. The summed E-state index contributed by atoms with van der Waals surface area (Å²) in [6.07, 6.45) is 4.46. The Kier molecular flexibility index (Phi) is 6.22. The topological polar surface area (TPSA) is 35.6 Å². The summed E-state index contributed by atoms with van der Waals surface area (Å²) < 4.78 is 0. The molecule has 2 saturated heterocycles. The molecule has 144 valence electrons. The number of benzene rings is 1. The lowest BCUT2D eigenvalue weighted by Gasteiger charge is -2.33. The first kappa shape index (κ1) is 18.7. The summed E-state index contributed by atoms with van der Waals surface area (Å²) in [6, 6.07) is 15.7. The zero-order valence-electron chi connectivity index (χ0n) is 15.8. The molecule has 1 amide bonds. The summed E-state index contributed by atoms with van der Waals surface area (Å²) in [5.41, 5.74) is 1.37. The molecule has 0 unspecified atom stereocenters. The van der Waals surface area contributed by atoms with Crippen LogP contribution in [0.3, 0.4) is 0 Å². The molecule has 3 heterocycles. The predicted octanol–water partition coefficient (Wildman–Crippen LogP) is 3.67. The van der Waals surface area contributed by atoms with Crippen molar-refractivity contribution >= 4 is 17.2 Å². The Labute approximate surface area is 166 Å². The summed E-state index contributed by atoms with van der Waals surface area (Å²) in [6.45, 7) is 4.69. The number of carbonyl (C=O) groups excluding carboxylic acids is 1. The number of likely N-dealkylation sites (tertiary alicyclic amines) is 2. The van der Waals surface area contributed by atoms with Gasteiger partial charge < -0.3 is 5.32 Å². The quantitative estimate of drug-likeness (QED) is 0.827. The summed E-state index contributed by atoms with van der Waals surface area (Å²) in [5.74, 6) is 0.194. The monoisotopic (exact) mass is 383 g/mol. The van der Waals surface area contributed by atoms with Crippen molar-refractivity contribution in [3.63, 3.8) is 0 Å². The van der Waals surface area contributed by atoms with Gasteiger partial charge in [0.15, 0.2) is 0 Å². The molecule has 0 bridgehead atoms. The number of nitrogens with zero attached hydrogens (tertiary/aromatic N) is 2. The molecule has 0 aliphatic carbocycles. The highest BCUT2D eigenvalue weighted by atomic mass is 32.1. The molecule has 27 heavy (non-hydrogen) atoms. The summed E-state index contributed by atoms with van der Waals surface area (Å²) in [7, 11) is 0. The summed E-state index contributed by atoms with van der Waals surface area (Å²) in [4.78, 5) is 18.8. The van der Waals surface area contributed by atoms with Gasteiger partial charge in [-0.05, 0) is 49.2 Å². The number of piperidine rings is 1. The Balaban J connectivity index is 1.21. The maximum absolute atomic E-state index is 12.6. The average Bonchev–Trinajstić information content (AvgIpc) is 3.36. The lowest BCUT2D eigenvalue weighted by atomic mass is 10.0. The van der Waals surface area contributed by atoms with Gasteiger partial charge in [-0.3, -0.25) is 14.6 Å². The van der Waals surface area contributed by atoms with E-state index in [4.69, 9.17) is 0 Å². The van der Waals surface area contributed by atoms with Gasteiger partial charge in [-0.1, -0.05) is 36.4 Å². The third kappa shape index (κ3) is 4.98. The SMILES string of the molecule is O=C(CN1CCC[C@H]1c1cccs1)NC1CCN(Cc2ccccc2)CC1. The molecular formula is C22H29N3OS. The average molecular weight is 384 g/mol. The van der Waals surface area contributed by atoms with Crippen LogP contribution >= 0.6 is 11.3 Å². The van der Waals surface area contributed by atoms with Crippen molar-refractivity contribution in [3.8, 4) is 0 Å². The van der Waals surface area contributed by atoms with E-state index in [1.807, 2.05) is 11.3 Å². The van der Waals surface area contributed by atoms with Gasteiger partial charge in [0.2, 0.25) is 5.91 Å². The van der Waals surface area contributed by atoms with Gasteiger partial charge in [-0.15, -0.1) is 11.3 Å². The maximum atomic E-state index is 12.6. The van der Waals surface area contributed by atoms with Crippen LogP contribution in [0.5, 0.6) is 0 Å². The van der Waals surface area contributed by atoms with Gasteiger partial charge in [0.1, 0.15) is 0 Å². The van der Waals surface area contributed by atoms with Crippen molar-refractivity contribution in [2.75, 3.05) is 26.2 Å². The fourth-order valence-electron chi connectivity index (χ4n) is 4.35. The van der Waals surface area contributed by atoms with E-state index in [0.717, 1.165) is 39.0 Å². The van der Waals surface area contributed by atoms with E-state index in [-0.39, 0.29) is 5.91 Å². The third-order valence-corrected chi connectivity index (χ3v) is 6.76. The smallest absolute Gasteiger partial charge is 0.234 e. The first-order chi connectivity index (χ1) is 13.3. The Morgan fingerprint density at radius 1 is 1.04 bits per heavy atom. The predicted molar refractivity (Wildman–Crippen MR) is 111 cm³/mol. The van der Waals surface area contributed by atoms with Crippen molar-refractivity contribution in [1.82, 2.24) is 15.1 Å². The molecular weight excluding hydrogens is 354 g/mol. The molecule has 4 nitrogen and oxygen atoms in total. The van der Waals surface area contributed by atoms with Crippen molar-refractivity contribution in [3.05, 3.63) is 58.3 Å². The van der Waals surface area contributed by atoms with Gasteiger partial charge >= 0.3 is 0 Å². The molecule has 5 heteroatoms. The lowest BCUT2D eigenvalue weighted by molar-refractivity contribution is -0.123. The zero-order chi connectivity index (χ0) is 18.5. The Morgan fingerprint density at radius 2 is 1.85 bits per heavy atom. The van der Waals surface area contributed by atoms with E-state index in [1.165, 1.54) is 23.3 Å². The van der Waals surface area contributed by atoms with Gasteiger partial charge in [-0.25, -0.2) is 0 Å². The third-order valence-electron chi connectivity index (χ3n) is 5.78. The molecule has 0 saturated carbocycles. The minimum atomic E-state index is 0.194. The van der Waals surface area contributed by atoms with Crippen LogP contribution in [0.25, 0.3) is 0 Å². The van der Waals surface area contributed by atoms with Crippen LogP contribution in [0.15, 0.2) is 47.8 Å². The van der Waals surface area contributed by atoms with E-state index in [1.54, 1.807) is 0 Å². The number of amides is 1. The van der Waals surface area contributed by atoms with Crippen LogP contribution in [0, 0.1) is 0 Å². The second-order valence-electron chi connectivity index (χ2n) is 7.75. The number of rotatable bonds is 6. The van der Waals surface area contributed by atoms with Crippen molar-refractivity contribution in [1.29, 1.82) is 0 Å². The molecule has 2 aliphatic heterocycles. The second-order valence-corrected chi connectivity index (χ2v) is 8.73. The van der Waals surface area contributed by atoms with E-state index in [9.17, 15) is 4.79 Å². The van der Waals surface area contributed by atoms with E-state index in [2.05, 4.69) is 63.0 Å². The van der Waals surface area contributed by atoms with E-state index in [0.29, 0.717) is 18.6 Å². The molecule has 1 aromatic carbocycles. The normalized spacial score (nSPS) is 22.1. The molecule has 1 aromatic heterocycles. The number of hydrogen-bond acceptors (Lipinski definition) is 4. The fourth-order valence-corrected chi connectivity index (χ4v) is 5.25. The summed E-state index contributed by atoms with van der Waals surface area (Å²) in [5, 5.41) is 5.43. The van der Waals surface area contributed by atoms with Crippen LogP contribution in [0.2, 0.25) is 0 Å². The van der Waals surface area contributed by atoms with E-state index < -0.39 is 0 Å². The van der Waals surface area contributed by atoms with Crippen molar-refractivity contribution < 1.29 is 4.79 Å². The highest BCUT2D eigenvalue weighted by molar-refractivity contribution is 7.10. The molecule has 2 aromatic rings. The van der Waals surface area contributed by atoms with Crippen molar-refractivity contribution in [2.24, 2.45) is 0 Å².